The lowest BCUT2D eigenvalue weighted by Crippen LogP contribution is -2.32. The molecule has 0 saturated carbocycles. The van der Waals surface area contributed by atoms with Crippen LogP contribution < -0.4 is 10.1 Å². The van der Waals surface area contributed by atoms with Gasteiger partial charge < -0.3 is 10.1 Å². The van der Waals surface area contributed by atoms with E-state index in [1.807, 2.05) is 43.1 Å². The second-order valence-electron chi connectivity index (χ2n) is 6.09. The summed E-state index contributed by atoms with van der Waals surface area (Å²) in [5.74, 6) is 0.527. The molecule has 1 atom stereocenters. The van der Waals surface area contributed by atoms with Gasteiger partial charge in [-0.25, -0.2) is 0 Å². The first-order valence-electron chi connectivity index (χ1n) is 8.22. The molecular formula is C19H23N3O4. The van der Waals surface area contributed by atoms with Crippen LogP contribution in [0.5, 0.6) is 5.75 Å². The molecule has 7 nitrogen and oxygen atoms in total. The predicted molar refractivity (Wildman–Crippen MR) is 101 cm³/mol. The number of nitro benzene ring substituents is 1. The van der Waals surface area contributed by atoms with Gasteiger partial charge in [-0.1, -0.05) is 24.3 Å². The highest BCUT2D eigenvalue weighted by Crippen LogP contribution is 2.28. The number of benzene rings is 2. The molecule has 138 valence electrons. The lowest BCUT2D eigenvalue weighted by Gasteiger charge is -2.26. The number of ether oxygens (including phenoxy) is 1. The van der Waals surface area contributed by atoms with Crippen molar-refractivity contribution in [2.45, 2.75) is 19.9 Å². The van der Waals surface area contributed by atoms with Crippen LogP contribution in [-0.2, 0) is 4.79 Å². The Morgan fingerprint density at radius 2 is 1.96 bits per heavy atom. The second-order valence-corrected chi connectivity index (χ2v) is 6.09. The Kier molecular flexibility index (Phi) is 6.30. The lowest BCUT2D eigenvalue weighted by molar-refractivity contribution is -0.385. The van der Waals surface area contributed by atoms with Gasteiger partial charge in [-0.2, -0.15) is 0 Å². The Bertz CT molecular complexity index is 807. The summed E-state index contributed by atoms with van der Waals surface area (Å²) < 4.78 is 5.38. The third-order valence-corrected chi connectivity index (χ3v) is 4.42. The molecule has 26 heavy (non-hydrogen) atoms. The number of carbonyl (C=O) groups is 1. The summed E-state index contributed by atoms with van der Waals surface area (Å²) in [6, 6.07) is 12.3. The molecule has 0 heterocycles. The van der Waals surface area contributed by atoms with Crippen LogP contribution in [0.15, 0.2) is 42.5 Å². The maximum atomic E-state index is 12.4. The molecule has 2 rings (SSSR count). The fraction of sp³-hybridized carbons (Fsp3) is 0.316. The minimum absolute atomic E-state index is 0.0152. The highest BCUT2D eigenvalue weighted by Gasteiger charge is 2.19. The number of rotatable bonds is 7. The average molecular weight is 357 g/mol. The predicted octanol–water partition coefficient (Wildman–Crippen LogP) is 3.54. The van der Waals surface area contributed by atoms with Crippen LogP contribution in [0, 0.1) is 17.0 Å². The molecule has 0 bridgehead atoms. The Hall–Kier alpha value is -2.93. The van der Waals surface area contributed by atoms with Crippen molar-refractivity contribution < 1.29 is 14.5 Å². The molecule has 0 fully saturated rings. The Balaban J connectivity index is 2.08. The van der Waals surface area contributed by atoms with Gasteiger partial charge in [0.1, 0.15) is 5.75 Å². The molecule has 0 spiro atoms. The third kappa shape index (κ3) is 4.37. The largest absolute Gasteiger partial charge is 0.496 e. The number of nitro groups is 1. The van der Waals surface area contributed by atoms with Crippen molar-refractivity contribution in [3.8, 4) is 5.75 Å². The van der Waals surface area contributed by atoms with E-state index >= 15 is 0 Å². The van der Waals surface area contributed by atoms with Gasteiger partial charge in [-0.3, -0.25) is 19.8 Å². The van der Waals surface area contributed by atoms with Gasteiger partial charge in [0.2, 0.25) is 5.91 Å². The summed E-state index contributed by atoms with van der Waals surface area (Å²) in [6.07, 6.45) is 0. The number of methoxy groups -OCH3 is 1. The van der Waals surface area contributed by atoms with E-state index in [0.717, 1.165) is 11.3 Å². The first kappa shape index (κ1) is 19.4. The van der Waals surface area contributed by atoms with Crippen molar-refractivity contribution >= 4 is 17.3 Å². The number of amides is 1. The van der Waals surface area contributed by atoms with Gasteiger partial charge in [0.05, 0.1) is 29.8 Å². The van der Waals surface area contributed by atoms with E-state index in [1.165, 1.54) is 6.07 Å². The van der Waals surface area contributed by atoms with E-state index in [1.54, 1.807) is 26.2 Å². The number of nitrogens with one attached hydrogen (secondary N) is 1. The standard InChI is InChI=1S/C19H23N3O4/c1-13-16(9-7-10-17(13)22(24)25)20-19(23)12-21(3)14(2)15-8-5-6-11-18(15)26-4/h5-11,14H,12H2,1-4H3,(H,20,23). The molecule has 1 unspecified atom stereocenters. The van der Waals surface area contributed by atoms with Gasteiger partial charge in [0.15, 0.2) is 0 Å². The molecule has 1 N–H and O–H groups in total. The zero-order chi connectivity index (χ0) is 19.3. The summed E-state index contributed by atoms with van der Waals surface area (Å²) in [5, 5.41) is 13.8. The quantitative estimate of drug-likeness (QED) is 0.605. The minimum atomic E-state index is -0.457. The number of carbonyl (C=O) groups excluding carboxylic acids is 1. The van der Waals surface area contributed by atoms with Gasteiger partial charge >= 0.3 is 0 Å². The zero-order valence-electron chi connectivity index (χ0n) is 15.4. The molecular weight excluding hydrogens is 334 g/mol. The van der Waals surface area contributed by atoms with Crippen molar-refractivity contribution in [2.24, 2.45) is 0 Å². The van der Waals surface area contributed by atoms with E-state index in [2.05, 4.69) is 5.32 Å². The van der Waals surface area contributed by atoms with Crippen molar-refractivity contribution in [3.63, 3.8) is 0 Å². The SMILES string of the molecule is COc1ccccc1C(C)N(C)CC(=O)Nc1cccc([N+](=O)[O-])c1C. The summed E-state index contributed by atoms with van der Waals surface area (Å²) in [6.45, 7) is 3.75. The molecule has 0 aliphatic rings. The Labute approximate surface area is 152 Å². The number of anilines is 1. The van der Waals surface area contributed by atoms with Crippen molar-refractivity contribution in [2.75, 3.05) is 26.0 Å². The molecule has 0 aromatic heterocycles. The molecule has 0 radical (unpaired) electrons. The number of likely N-dealkylation sites (N-methyl/N-ethyl adjacent to an activating group) is 1. The fourth-order valence-electron chi connectivity index (χ4n) is 2.76. The number of nitrogens with zero attached hydrogens (tertiary/aromatic N) is 2. The van der Waals surface area contributed by atoms with Crippen LogP contribution in [0.1, 0.15) is 24.1 Å². The van der Waals surface area contributed by atoms with E-state index in [0.29, 0.717) is 11.3 Å². The lowest BCUT2D eigenvalue weighted by atomic mass is 10.1. The monoisotopic (exact) mass is 357 g/mol. The van der Waals surface area contributed by atoms with Crippen LogP contribution >= 0.6 is 0 Å². The Morgan fingerprint density at radius 1 is 1.27 bits per heavy atom. The number of para-hydroxylation sites is 1. The second kappa shape index (κ2) is 8.44. The average Bonchev–Trinajstić information content (AvgIpc) is 2.62. The van der Waals surface area contributed by atoms with Gasteiger partial charge in [-0.05, 0) is 33.0 Å². The van der Waals surface area contributed by atoms with Crippen LogP contribution in [0.25, 0.3) is 0 Å². The topological polar surface area (TPSA) is 84.7 Å². The van der Waals surface area contributed by atoms with Gasteiger partial charge in [0.25, 0.3) is 5.69 Å². The maximum absolute atomic E-state index is 12.4. The smallest absolute Gasteiger partial charge is 0.274 e. The summed E-state index contributed by atoms with van der Waals surface area (Å²) in [5.41, 5.74) is 1.85. The van der Waals surface area contributed by atoms with Gasteiger partial charge in [0, 0.05) is 17.7 Å². The summed E-state index contributed by atoms with van der Waals surface area (Å²) >= 11 is 0. The number of hydrogen-bond donors (Lipinski definition) is 1. The fourth-order valence-corrected chi connectivity index (χ4v) is 2.76. The van der Waals surface area contributed by atoms with Crippen LogP contribution in [0.2, 0.25) is 0 Å². The first-order valence-corrected chi connectivity index (χ1v) is 8.22. The Morgan fingerprint density at radius 3 is 2.62 bits per heavy atom. The molecule has 7 heteroatoms. The van der Waals surface area contributed by atoms with E-state index < -0.39 is 4.92 Å². The van der Waals surface area contributed by atoms with E-state index in [-0.39, 0.29) is 24.2 Å². The van der Waals surface area contributed by atoms with Crippen molar-refractivity contribution in [1.82, 2.24) is 4.90 Å². The molecule has 0 saturated heterocycles. The van der Waals surface area contributed by atoms with Crippen LogP contribution in [-0.4, -0.2) is 36.4 Å². The van der Waals surface area contributed by atoms with Crippen LogP contribution in [0.3, 0.4) is 0 Å². The molecule has 2 aromatic rings. The molecule has 0 aliphatic carbocycles. The van der Waals surface area contributed by atoms with Gasteiger partial charge in [-0.15, -0.1) is 0 Å². The zero-order valence-corrected chi connectivity index (χ0v) is 15.4. The summed E-state index contributed by atoms with van der Waals surface area (Å²) in [7, 11) is 3.46. The van der Waals surface area contributed by atoms with Crippen molar-refractivity contribution in [1.29, 1.82) is 0 Å². The van der Waals surface area contributed by atoms with Crippen LogP contribution in [0.4, 0.5) is 11.4 Å². The first-order chi connectivity index (χ1) is 12.3. The molecule has 1 amide bonds. The number of hydrogen-bond acceptors (Lipinski definition) is 5. The molecule has 2 aromatic carbocycles. The highest BCUT2D eigenvalue weighted by molar-refractivity contribution is 5.93. The third-order valence-electron chi connectivity index (χ3n) is 4.42. The van der Waals surface area contributed by atoms with Crippen molar-refractivity contribution in [3.05, 3.63) is 63.7 Å². The molecule has 0 aliphatic heterocycles. The summed E-state index contributed by atoms with van der Waals surface area (Å²) in [4.78, 5) is 24.8. The van der Waals surface area contributed by atoms with E-state index in [9.17, 15) is 14.9 Å². The highest BCUT2D eigenvalue weighted by atomic mass is 16.6. The minimum Gasteiger partial charge on any atom is -0.496 e. The normalized spacial score (nSPS) is 11.9. The maximum Gasteiger partial charge on any atom is 0.274 e. The van der Waals surface area contributed by atoms with E-state index in [4.69, 9.17) is 4.74 Å².